The SMILES string of the molecule is CC(C)(C)OC(=O)NCC1CCC(C(=O)NC(Cc2cccc(Br)c2)C(=O)Nc2ccc(-c3n[nH]c(C(F)(F)F)n3)cc2)CC1. The van der Waals surface area contributed by atoms with Gasteiger partial charge in [0.05, 0.1) is 0 Å². The highest BCUT2D eigenvalue weighted by molar-refractivity contribution is 9.10. The highest BCUT2D eigenvalue weighted by atomic mass is 79.9. The Morgan fingerprint density at radius 1 is 1.04 bits per heavy atom. The first kappa shape index (κ1) is 33.9. The summed E-state index contributed by atoms with van der Waals surface area (Å²) in [6, 6.07) is 12.6. The van der Waals surface area contributed by atoms with E-state index < -0.39 is 35.6 Å². The topological polar surface area (TPSA) is 138 Å². The number of H-pyrrole nitrogens is 1. The summed E-state index contributed by atoms with van der Waals surface area (Å²) < 4.78 is 44.8. The molecule has 14 heteroatoms. The number of anilines is 1. The zero-order chi connectivity index (χ0) is 32.8. The molecule has 1 heterocycles. The van der Waals surface area contributed by atoms with Gasteiger partial charge in [-0.1, -0.05) is 28.1 Å². The van der Waals surface area contributed by atoms with Crippen LogP contribution in [0.3, 0.4) is 0 Å². The van der Waals surface area contributed by atoms with Crippen LogP contribution in [0.2, 0.25) is 0 Å². The fourth-order valence-electron chi connectivity index (χ4n) is 5.02. The molecule has 4 rings (SSSR count). The highest BCUT2D eigenvalue weighted by Crippen LogP contribution is 2.30. The molecule has 1 fully saturated rings. The summed E-state index contributed by atoms with van der Waals surface area (Å²) in [5.41, 5.74) is 0.976. The Bertz CT molecular complexity index is 1480. The van der Waals surface area contributed by atoms with Gasteiger partial charge in [0.25, 0.3) is 0 Å². The standard InChI is InChI=1S/C31H36BrF3N6O4/c1-30(2,3)45-29(44)36-17-18-7-9-21(10-8-18)26(42)38-24(16-19-5-4-6-22(32)15-19)27(43)37-23-13-11-20(12-14-23)25-39-28(41-40-25)31(33,34)35/h4-6,11-15,18,21,24H,7-10,16-17H2,1-3H3,(H,36,44)(H,37,43)(H,38,42)(H,39,40,41). The third kappa shape index (κ3) is 10.3. The van der Waals surface area contributed by atoms with Crippen LogP contribution < -0.4 is 16.0 Å². The van der Waals surface area contributed by atoms with Crippen molar-refractivity contribution in [3.8, 4) is 11.4 Å². The number of aromatic amines is 1. The summed E-state index contributed by atoms with van der Waals surface area (Å²) in [6.45, 7) is 5.87. The number of halogens is 4. The lowest BCUT2D eigenvalue weighted by Gasteiger charge is -2.29. The molecule has 2 aromatic carbocycles. The van der Waals surface area contributed by atoms with Gasteiger partial charge in [0, 0.05) is 34.6 Å². The number of nitrogens with zero attached hydrogens (tertiary/aromatic N) is 2. The molecular formula is C31H36BrF3N6O4. The van der Waals surface area contributed by atoms with E-state index in [0.717, 1.165) is 22.9 Å². The third-order valence-corrected chi connectivity index (χ3v) is 7.77. The van der Waals surface area contributed by atoms with Gasteiger partial charge in [0.15, 0.2) is 5.82 Å². The molecular weight excluding hydrogens is 657 g/mol. The molecule has 242 valence electrons. The Morgan fingerprint density at radius 2 is 1.73 bits per heavy atom. The maximum Gasteiger partial charge on any atom is 0.451 e. The van der Waals surface area contributed by atoms with Gasteiger partial charge in [0.1, 0.15) is 11.6 Å². The van der Waals surface area contributed by atoms with Crippen LogP contribution in [-0.2, 0) is 26.9 Å². The molecule has 10 nitrogen and oxygen atoms in total. The van der Waals surface area contributed by atoms with Crippen molar-refractivity contribution in [2.45, 2.75) is 70.7 Å². The van der Waals surface area contributed by atoms with E-state index in [4.69, 9.17) is 4.74 Å². The lowest BCUT2D eigenvalue weighted by atomic mass is 9.81. The number of aromatic nitrogens is 3. The van der Waals surface area contributed by atoms with Crippen LogP contribution in [0.25, 0.3) is 11.4 Å². The molecule has 1 unspecified atom stereocenters. The van der Waals surface area contributed by atoms with Gasteiger partial charge >= 0.3 is 12.3 Å². The predicted octanol–water partition coefficient (Wildman–Crippen LogP) is 6.25. The van der Waals surface area contributed by atoms with Crippen LogP contribution in [0.15, 0.2) is 53.0 Å². The van der Waals surface area contributed by atoms with Crippen molar-refractivity contribution in [1.82, 2.24) is 25.8 Å². The number of rotatable bonds is 9. The maximum atomic E-state index is 13.4. The van der Waals surface area contributed by atoms with Crippen molar-refractivity contribution in [2.24, 2.45) is 11.8 Å². The molecule has 0 radical (unpaired) electrons. The fraction of sp³-hybridized carbons (Fsp3) is 0.452. The molecule has 0 bridgehead atoms. The normalized spacial score (nSPS) is 17.7. The minimum atomic E-state index is -4.65. The van der Waals surface area contributed by atoms with E-state index in [2.05, 4.69) is 42.0 Å². The number of alkyl carbamates (subject to hydrolysis) is 1. The molecule has 3 amide bonds. The van der Waals surface area contributed by atoms with Crippen LogP contribution in [0.4, 0.5) is 23.7 Å². The number of benzene rings is 2. The van der Waals surface area contributed by atoms with E-state index in [0.29, 0.717) is 30.6 Å². The second-order valence-corrected chi connectivity index (χ2v) is 13.0. The molecule has 0 spiro atoms. The lowest BCUT2D eigenvalue weighted by Crippen LogP contribution is -2.48. The monoisotopic (exact) mass is 692 g/mol. The number of hydrogen-bond donors (Lipinski definition) is 4. The van der Waals surface area contributed by atoms with Gasteiger partial charge < -0.3 is 20.7 Å². The number of carbonyl (C=O) groups excluding carboxylic acids is 3. The van der Waals surface area contributed by atoms with Gasteiger partial charge in [0.2, 0.25) is 17.6 Å². The Morgan fingerprint density at radius 3 is 2.33 bits per heavy atom. The van der Waals surface area contributed by atoms with Crippen molar-refractivity contribution in [3.63, 3.8) is 0 Å². The number of ether oxygens (including phenoxy) is 1. The lowest BCUT2D eigenvalue weighted by molar-refractivity contribution is -0.144. The molecule has 3 aromatic rings. The Balaban J connectivity index is 1.37. The molecule has 0 aliphatic heterocycles. The number of carbonyl (C=O) groups is 3. The quantitative estimate of drug-likeness (QED) is 0.209. The van der Waals surface area contributed by atoms with E-state index >= 15 is 0 Å². The zero-order valence-corrected chi connectivity index (χ0v) is 26.7. The van der Waals surface area contributed by atoms with Crippen LogP contribution in [-0.4, -0.2) is 51.3 Å². The van der Waals surface area contributed by atoms with Crippen LogP contribution >= 0.6 is 15.9 Å². The third-order valence-electron chi connectivity index (χ3n) is 7.28. The second kappa shape index (κ2) is 14.4. The summed E-state index contributed by atoms with van der Waals surface area (Å²) in [5, 5.41) is 14.0. The van der Waals surface area contributed by atoms with Crippen molar-refractivity contribution >= 4 is 39.5 Å². The largest absolute Gasteiger partial charge is 0.451 e. The van der Waals surface area contributed by atoms with Gasteiger partial charge in [-0.05, 0) is 94.3 Å². The first-order chi connectivity index (χ1) is 21.2. The minimum absolute atomic E-state index is 0.129. The fourth-order valence-corrected chi connectivity index (χ4v) is 5.47. The van der Waals surface area contributed by atoms with Crippen LogP contribution in [0.5, 0.6) is 0 Å². The highest BCUT2D eigenvalue weighted by Gasteiger charge is 2.35. The zero-order valence-electron chi connectivity index (χ0n) is 25.1. The van der Waals surface area contributed by atoms with Crippen molar-refractivity contribution in [3.05, 3.63) is 64.4 Å². The Kier molecular flexibility index (Phi) is 10.9. The minimum Gasteiger partial charge on any atom is -0.444 e. The van der Waals surface area contributed by atoms with E-state index in [9.17, 15) is 27.6 Å². The van der Waals surface area contributed by atoms with E-state index in [1.165, 1.54) is 24.3 Å². The average Bonchev–Trinajstić information content (AvgIpc) is 3.47. The van der Waals surface area contributed by atoms with Crippen molar-refractivity contribution in [1.29, 1.82) is 0 Å². The second-order valence-electron chi connectivity index (χ2n) is 12.1. The summed E-state index contributed by atoms with van der Waals surface area (Å²) in [4.78, 5) is 42.3. The number of amides is 3. The van der Waals surface area contributed by atoms with Crippen molar-refractivity contribution < 1.29 is 32.3 Å². The predicted molar refractivity (Wildman–Crippen MR) is 165 cm³/mol. The number of nitrogens with one attached hydrogen (secondary N) is 4. The first-order valence-corrected chi connectivity index (χ1v) is 15.4. The molecule has 1 aliphatic carbocycles. The summed E-state index contributed by atoms with van der Waals surface area (Å²) in [7, 11) is 0. The molecule has 0 saturated heterocycles. The molecule has 4 N–H and O–H groups in total. The van der Waals surface area contributed by atoms with Crippen LogP contribution in [0.1, 0.15) is 57.8 Å². The maximum absolute atomic E-state index is 13.4. The number of hydrogen-bond acceptors (Lipinski definition) is 6. The van der Waals surface area contributed by atoms with Crippen LogP contribution in [0, 0.1) is 11.8 Å². The number of alkyl halides is 3. The molecule has 1 saturated carbocycles. The molecule has 1 aliphatic rings. The van der Waals surface area contributed by atoms with Gasteiger partial charge in [-0.2, -0.15) is 18.3 Å². The Hall–Kier alpha value is -3.94. The van der Waals surface area contributed by atoms with Gasteiger partial charge in [-0.3, -0.25) is 14.7 Å². The van der Waals surface area contributed by atoms with Crippen molar-refractivity contribution in [2.75, 3.05) is 11.9 Å². The van der Waals surface area contributed by atoms with E-state index in [1.807, 2.05) is 29.4 Å². The van der Waals surface area contributed by atoms with Gasteiger partial charge in [-0.25, -0.2) is 9.78 Å². The Labute approximate surface area is 267 Å². The van der Waals surface area contributed by atoms with E-state index in [1.54, 1.807) is 20.8 Å². The summed E-state index contributed by atoms with van der Waals surface area (Å²) >= 11 is 3.44. The molecule has 45 heavy (non-hydrogen) atoms. The smallest absolute Gasteiger partial charge is 0.444 e. The average molecular weight is 694 g/mol. The molecule has 1 atom stereocenters. The summed E-state index contributed by atoms with van der Waals surface area (Å²) in [6.07, 6.45) is -2.14. The van der Waals surface area contributed by atoms with Gasteiger partial charge in [-0.15, -0.1) is 0 Å². The molecule has 1 aromatic heterocycles. The summed E-state index contributed by atoms with van der Waals surface area (Å²) in [5.74, 6) is -2.04. The first-order valence-electron chi connectivity index (χ1n) is 14.6. The van der Waals surface area contributed by atoms with E-state index in [-0.39, 0.29) is 30.0 Å².